The molecule has 0 amide bonds. The van der Waals surface area contributed by atoms with Crippen LogP contribution in [-0.4, -0.2) is 51.8 Å². The summed E-state index contributed by atoms with van der Waals surface area (Å²) in [6, 6.07) is 3.18. The molecule has 0 atom stereocenters. The van der Waals surface area contributed by atoms with Gasteiger partial charge in [-0.25, -0.2) is 9.18 Å². The summed E-state index contributed by atoms with van der Waals surface area (Å²) < 4.78 is 23.6. The summed E-state index contributed by atoms with van der Waals surface area (Å²) in [5.74, 6) is -0.748. The minimum Gasteiger partial charge on any atom is -0.460 e. The number of carbonyl (C=O) groups is 1. The number of fused-ring (bicyclic) bond motifs is 1. The van der Waals surface area contributed by atoms with Gasteiger partial charge in [-0.3, -0.25) is 18.7 Å². The highest BCUT2D eigenvalue weighted by atomic mass is 19.1. The molecule has 2 aromatic rings. The molecule has 1 aromatic carbocycles. The zero-order valence-corrected chi connectivity index (χ0v) is 23.4. The van der Waals surface area contributed by atoms with Gasteiger partial charge in [0.25, 0.3) is 5.56 Å². The summed E-state index contributed by atoms with van der Waals surface area (Å²) >= 11 is 0. The van der Waals surface area contributed by atoms with Gasteiger partial charge < -0.3 is 15.0 Å². The molecule has 1 heterocycles. The van der Waals surface area contributed by atoms with Crippen LogP contribution in [0.15, 0.2) is 21.7 Å². The highest BCUT2D eigenvalue weighted by Crippen LogP contribution is 2.32. The van der Waals surface area contributed by atoms with Crippen molar-refractivity contribution in [2.75, 3.05) is 25.5 Å². The molecular formula is C29H43FN4O4. The first-order valence-corrected chi connectivity index (χ1v) is 14.2. The average molecular weight is 531 g/mol. The lowest BCUT2D eigenvalue weighted by Gasteiger charge is -2.25. The monoisotopic (exact) mass is 530 g/mol. The number of esters is 1. The van der Waals surface area contributed by atoms with E-state index in [0.29, 0.717) is 24.3 Å². The number of hydrogen-bond donors (Lipinski definition) is 1. The molecule has 38 heavy (non-hydrogen) atoms. The van der Waals surface area contributed by atoms with Crippen LogP contribution in [0.3, 0.4) is 0 Å². The number of benzene rings is 1. The van der Waals surface area contributed by atoms with Crippen molar-refractivity contribution >= 4 is 22.6 Å². The van der Waals surface area contributed by atoms with Gasteiger partial charge in [-0.05, 0) is 65.6 Å². The molecule has 2 aliphatic carbocycles. The van der Waals surface area contributed by atoms with Gasteiger partial charge in [0.05, 0.1) is 23.0 Å². The molecule has 210 valence electrons. The Morgan fingerprint density at radius 3 is 2.37 bits per heavy atom. The average Bonchev–Trinajstić information content (AvgIpc) is 3.38. The van der Waals surface area contributed by atoms with Gasteiger partial charge in [0.15, 0.2) is 0 Å². The van der Waals surface area contributed by atoms with E-state index < -0.39 is 17.0 Å². The van der Waals surface area contributed by atoms with Crippen LogP contribution in [0.1, 0.15) is 91.0 Å². The van der Waals surface area contributed by atoms with Crippen molar-refractivity contribution < 1.29 is 13.9 Å². The predicted molar refractivity (Wildman–Crippen MR) is 148 cm³/mol. The van der Waals surface area contributed by atoms with E-state index in [2.05, 4.69) is 5.32 Å². The van der Waals surface area contributed by atoms with Gasteiger partial charge in [0.1, 0.15) is 11.4 Å². The number of anilines is 1. The number of hydrogen-bond acceptors (Lipinski definition) is 6. The number of likely N-dealkylation sites (N-methyl/N-ethyl adjacent to an activating group) is 1. The van der Waals surface area contributed by atoms with Gasteiger partial charge in [-0.1, -0.05) is 32.1 Å². The van der Waals surface area contributed by atoms with Crippen molar-refractivity contribution in [2.45, 2.75) is 109 Å². The van der Waals surface area contributed by atoms with Crippen LogP contribution in [0, 0.1) is 5.82 Å². The summed E-state index contributed by atoms with van der Waals surface area (Å²) in [5.41, 5.74) is -0.468. The summed E-state index contributed by atoms with van der Waals surface area (Å²) in [6.45, 7) is 6.49. The third kappa shape index (κ3) is 6.84. The van der Waals surface area contributed by atoms with E-state index in [0.717, 1.165) is 51.4 Å². The van der Waals surface area contributed by atoms with Gasteiger partial charge in [-0.15, -0.1) is 0 Å². The molecule has 0 aliphatic heterocycles. The molecule has 0 unspecified atom stereocenters. The smallest absolute Gasteiger partial charge is 0.331 e. The van der Waals surface area contributed by atoms with Crippen LogP contribution in [0.5, 0.6) is 0 Å². The van der Waals surface area contributed by atoms with Crippen molar-refractivity contribution in [2.24, 2.45) is 0 Å². The fourth-order valence-corrected chi connectivity index (χ4v) is 5.74. The van der Waals surface area contributed by atoms with E-state index in [9.17, 15) is 14.4 Å². The lowest BCUT2D eigenvalue weighted by Crippen LogP contribution is -2.43. The van der Waals surface area contributed by atoms with Crippen LogP contribution >= 0.6 is 0 Å². The first-order valence-electron chi connectivity index (χ1n) is 14.2. The first kappa shape index (κ1) is 28.3. The maximum absolute atomic E-state index is 15.3. The number of nitrogens with zero attached hydrogens (tertiary/aromatic N) is 3. The Hall–Kier alpha value is -2.68. The number of nitrogens with one attached hydrogen (secondary N) is 1. The Morgan fingerprint density at radius 2 is 1.71 bits per heavy atom. The van der Waals surface area contributed by atoms with E-state index in [4.69, 9.17) is 4.74 Å². The first-order chi connectivity index (χ1) is 18.0. The summed E-state index contributed by atoms with van der Waals surface area (Å²) in [7, 11) is 1.84. The standard InChI is InChI=1S/C29H43FN4O4/c1-29(2,3)38-26(35)14-15-32(4)16-17-33-27(36)22-18-23(30)24(31-20-10-6-5-7-11-20)19-25(22)34(28(33)37)21-12-8-9-13-21/h18-21,31H,5-17H2,1-4H3. The zero-order chi connectivity index (χ0) is 27.4. The second-order valence-corrected chi connectivity index (χ2v) is 12.0. The molecular weight excluding hydrogens is 487 g/mol. The van der Waals surface area contributed by atoms with E-state index in [1.165, 1.54) is 17.1 Å². The third-order valence-corrected chi connectivity index (χ3v) is 7.74. The van der Waals surface area contributed by atoms with Crippen molar-refractivity contribution in [1.29, 1.82) is 0 Å². The minimum absolute atomic E-state index is 0.00487. The fourth-order valence-electron chi connectivity index (χ4n) is 5.74. The van der Waals surface area contributed by atoms with E-state index >= 15 is 4.39 Å². The molecule has 1 aromatic heterocycles. The highest BCUT2D eigenvalue weighted by molar-refractivity contribution is 5.82. The number of ether oxygens (including phenoxy) is 1. The number of aromatic nitrogens is 2. The van der Waals surface area contributed by atoms with Gasteiger partial charge >= 0.3 is 11.7 Å². The number of carbonyl (C=O) groups excluding carboxylic acids is 1. The van der Waals surface area contributed by atoms with Gasteiger partial charge in [0.2, 0.25) is 0 Å². The quantitative estimate of drug-likeness (QED) is 0.468. The minimum atomic E-state index is -0.541. The Bertz CT molecular complexity index is 1250. The van der Waals surface area contributed by atoms with Crippen LogP contribution in [0.25, 0.3) is 10.9 Å². The van der Waals surface area contributed by atoms with E-state index in [-0.39, 0.29) is 42.1 Å². The molecule has 0 bridgehead atoms. The van der Waals surface area contributed by atoms with Gasteiger partial charge in [0, 0.05) is 31.7 Å². The second-order valence-electron chi connectivity index (χ2n) is 12.0. The van der Waals surface area contributed by atoms with Crippen LogP contribution in [0.4, 0.5) is 10.1 Å². The van der Waals surface area contributed by atoms with Crippen molar-refractivity contribution in [1.82, 2.24) is 14.0 Å². The van der Waals surface area contributed by atoms with Crippen molar-refractivity contribution in [3.05, 3.63) is 38.8 Å². The molecule has 8 nitrogen and oxygen atoms in total. The normalized spacial score (nSPS) is 17.4. The van der Waals surface area contributed by atoms with Crippen LogP contribution < -0.4 is 16.6 Å². The van der Waals surface area contributed by atoms with E-state index in [1.807, 2.05) is 32.7 Å². The molecule has 9 heteroatoms. The SMILES string of the molecule is CN(CCC(=O)OC(C)(C)C)CCn1c(=O)c2cc(F)c(NC3CCCCC3)cc2n(C2CCCC2)c1=O. The fraction of sp³-hybridized carbons (Fsp3) is 0.690. The van der Waals surface area contributed by atoms with Crippen LogP contribution in [0.2, 0.25) is 0 Å². The maximum atomic E-state index is 15.3. The summed E-state index contributed by atoms with van der Waals surface area (Å²) in [4.78, 5) is 41.2. The molecule has 2 fully saturated rings. The Balaban J connectivity index is 1.60. The molecule has 2 saturated carbocycles. The summed E-state index contributed by atoms with van der Waals surface area (Å²) in [5, 5.41) is 3.58. The van der Waals surface area contributed by atoms with E-state index in [1.54, 1.807) is 10.6 Å². The molecule has 0 saturated heterocycles. The summed E-state index contributed by atoms with van der Waals surface area (Å²) in [6.07, 6.45) is 9.44. The molecule has 4 rings (SSSR count). The zero-order valence-electron chi connectivity index (χ0n) is 23.4. The van der Waals surface area contributed by atoms with Gasteiger partial charge in [-0.2, -0.15) is 0 Å². The number of rotatable bonds is 9. The maximum Gasteiger partial charge on any atom is 0.331 e. The number of halogens is 1. The lowest BCUT2D eigenvalue weighted by molar-refractivity contribution is -0.155. The lowest BCUT2D eigenvalue weighted by atomic mass is 9.95. The molecule has 1 N–H and O–H groups in total. The topological polar surface area (TPSA) is 85.6 Å². The largest absolute Gasteiger partial charge is 0.460 e. The second kappa shape index (κ2) is 12.0. The predicted octanol–water partition coefficient (Wildman–Crippen LogP) is 4.83. The van der Waals surface area contributed by atoms with Crippen LogP contribution in [-0.2, 0) is 16.1 Å². The van der Waals surface area contributed by atoms with Crippen molar-refractivity contribution in [3.8, 4) is 0 Å². The third-order valence-electron chi connectivity index (χ3n) is 7.74. The Labute approximate surface area is 224 Å². The molecule has 0 spiro atoms. The Morgan fingerprint density at radius 1 is 1.05 bits per heavy atom. The molecule has 0 radical (unpaired) electrons. The Kier molecular flexibility index (Phi) is 8.96. The van der Waals surface area contributed by atoms with Crippen molar-refractivity contribution in [3.63, 3.8) is 0 Å². The molecule has 2 aliphatic rings. The highest BCUT2D eigenvalue weighted by Gasteiger charge is 2.25.